The van der Waals surface area contributed by atoms with Crippen molar-refractivity contribution in [2.45, 2.75) is 33.2 Å². The average molecular weight is 265 g/mol. The number of rotatable bonds is 5. The van der Waals surface area contributed by atoms with E-state index in [1.54, 1.807) is 19.1 Å². The summed E-state index contributed by atoms with van der Waals surface area (Å²) >= 11 is 0. The molecule has 0 aliphatic heterocycles. The first-order valence-corrected chi connectivity index (χ1v) is 6.20. The average Bonchev–Trinajstić information content (AvgIpc) is 2.39. The van der Waals surface area contributed by atoms with Crippen LogP contribution in [0.25, 0.3) is 0 Å². The number of phenolic OH excluding ortho intramolecular Hbond substituents is 1. The quantitative estimate of drug-likeness (QED) is 0.796. The fourth-order valence-electron chi connectivity index (χ4n) is 1.45. The maximum atomic E-state index is 11.7. The Labute approximate surface area is 112 Å². The van der Waals surface area contributed by atoms with E-state index in [1.165, 1.54) is 6.07 Å². The molecule has 0 saturated carbocycles. The van der Waals surface area contributed by atoms with E-state index in [9.17, 15) is 14.7 Å². The highest BCUT2D eigenvalue weighted by Crippen LogP contribution is 2.21. The van der Waals surface area contributed by atoms with E-state index >= 15 is 0 Å². The molecule has 0 fully saturated rings. The van der Waals surface area contributed by atoms with Gasteiger partial charge in [-0.05, 0) is 31.9 Å². The van der Waals surface area contributed by atoms with Gasteiger partial charge in [0.05, 0.1) is 0 Å². The Hall–Kier alpha value is -2.04. The number of hydrogen-bond acceptors (Lipinski definition) is 4. The topological polar surface area (TPSA) is 75.6 Å². The van der Waals surface area contributed by atoms with Gasteiger partial charge in [0, 0.05) is 6.04 Å². The molecule has 1 amide bonds. The van der Waals surface area contributed by atoms with Gasteiger partial charge < -0.3 is 15.2 Å². The van der Waals surface area contributed by atoms with Crippen molar-refractivity contribution < 1.29 is 19.4 Å². The molecular formula is C14H19NO4. The van der Waals surface area contributed by atoms with E-state index in [2.05, 4.69) is 5.32 Å². The zero-order valence-electron chi connectivity index (χ0n) is 11.4. The summed E-state index contributed by atoms with van der Waals surface area (Å²) in [7, 11) is 0. The molecule has 0 aromatic heterocycles. The Balaban J connectivity index is 2.56. The Kier molecular flexibility index (Phi) is 5.36. The number of carbonyl (C=O) groups excluding carboxylic acids is 2. The number of nitrogens with one attached hydrogen (secondary N) is 1. The molecule has 0 saturated heterocycles. The van der Waals surface area contributed by atoms with Gasteiger partial charge in [-0.25, -0.2) is 4.79 Å². The molecule has 5 heteroatoms. The summed E-state index contributed by atoms with van der Waals surface area (Å²) in [6, 6.07) is 4.82. The lowest BCUT2D eigenvalue weighted by atomic mass is 10.1. The number of para-hydroxylation sites is 1. The second-order valence-corrected chi connectivity index (χ2v) is 4.42. The molecule has 0 aliphatic rings. The monoisotopic (exact) mass is 265 g/mol. The standard InChI is InChI=1S/C14H19NO4/c1-4-10(3)15-12(16)8-19-14(18)11-7-5-6-9(2)13(11)17/h5-7,10,17H,4,8H2,1-3H3,(H,15,16)/t10-/m0/s1. The Morgan fingerprint density at radius 3 is 2.74 bits per heavy atom. The SMILES string of the molecule is CC[C@H](C)NC(=O)COC(=O)c1cccc(C)c1O. The number of ether oxygens (including phenoxy) is 1. The molecule has 0 radical (unpaired) electrons. The van der Waals surface area contributed by atoms with Crippen LogP contribution < -0.4 is 5.32 Å². The van der Waals surface area contributed by atoms with Crippen molar-refractivity contribution in [3.8, 4) is 5.75 Å². The van der Waals surface area contributed by atoms with E-state index in [1.807, 2.05) is 13.8 Å². The van der Waals surface area contributed by atoms with E-state index in [0.29, 0.717) is 5.56 Å². The van der Waals surface area contributed by atoms with Crippen LogP contribution >= 0.6 is 0 Å². The van der Waals surface area contributed by atoms with E-state index in [4.69, 9.17) is 4.74 Å². The summed E-state index contributed by atoms with van der Waals surface area (Å²) in [6.07, 6.45) is 0.804. The number of carbonyl (C=O) groups is 2. The largest absolute Gasteiger partial charge is 0.507 e. The van der Waals surface area contributed by atoms with Crippen LogP contribution in [0.5, 0.6) is 5.75 Å². The van der Waals surface area contributed by atoms with Gasteiger partial charge in [0.1, 0.15) is 11.3 Å². The molecule has 2 N–H and O–H groups in total. The van der Waals surface area contributed by atoms with Gasteiger partial charge in [-0.1, -0.05) is 19.1 Å². The lowest BCUT2D eigenvalue weighted by Crippen LogP contribution is -2.35. The maximum Gasteiger partial charge on any atom is 0.342 e. The van der Waals surface area contributed by atoms with Crippen molar-refractivity contribution in [3.05, 3.63) is 29.3 Å². The Morgan fingerprint density at radius 1 is 1.42 bits per heavy atom. The lowest BCUT2D eigenvalue weighted by Gasteiger charge is -2.12. The summed E-state index contributed by atoms with van der Waals surface area (Å²) in [5, 5.41) is 12.4. The highest BCUT2D eigenvalue weighted by Gasteiger charge is 2.15. The number of phenols is 1. The lowest BCUT2D eigenvalue weighted by molar-refractivity contribution is -0.124. The smallest absolute Gasteiger partial charge is 0.342 e. The normalized spacial score (nSPS) is 11.7. The summed E-state index contributed by atoms with van der Waals surface area (Å²) < 4.78 is 4.86. The number of aromatic hydroxyl groups is 1. The molecule has 5 nitrogen and oxygen atoms in total. The Bertz CT molecular complexity index is 471. The summed E-state index contributed by atoms with van der Waals surface area (Å²) in [4.78, 5) is 23.2. The van der Waals surface area contributed by atoms with E-state index in [-0.39, 0.29) is 29.9 Å². The van der Waals surface area contributed by atoms with Crippen molar-refractivity contribution in [3.63, 3.8) is 0 Å². The first-order chi connectivity index (χ1) is 8.95. The zero-order valence-corrected chi connectivity index (χ0v) is 11.4. The molecule has 0 unspecified atom stereocenters. The molecule has 19 heavy (non-hydrogen) atoms. The summed E-state index contributed by atoms with van der Waals surface area (Å²) in [5.41, 5.74) is 0.648. The minimum atomic E-state index is -0.708. The van der Waals surface area contributed by atoms with Gasteiger partial charge in [-0.2, -0.15) is 0 Å². The van der Waals surface area contributed by atoms with Crippen LogP contribution in [-0.4, -0.2) is 29.6 Å². The molecule has 104 valence electrons. The molecule has 1 rings (SSSR count). The van der Waals surface area contributed by atoms with Gasteiger partial charge in [-0.3, -0.25) is 4.79 Å². The third kappa shape index (κ3) is 4.28. The second kappa shape index (κ2) is 6.78. The second-order valence-electron chi connectivity index (χ2n) is 4.42. The van der Waals surface area contributed by atoms with Crippen LogP contribution in [0, 0.1) is 6.92 Å². The minimum absolute atomic E-state index is 0.0403. The predicted molar refractivity (Wildman–Crippen MR) is 71.0 cm³/mol. The summed E-state index contributed by atoms with van der Waals surface area (Å²) in [6.45, 7) is 5.14. The van der Waals surface area contributed by atoms with Gasteiger partial charge in [-0.15, -0.1) is 0 Å². The van der Waals surface area contributed by atoms with Crippen molar-refractivity contribution in [2.24, 2.45) is 0 Å². The fraction of sp³-hybridized carbons (Fsp3) is 0.429. The van der Waals surface area contributed by atoms with Crippen molar-refractivity contribution >= 4 is 11.9 Å². The molecule has 1 aromatic rings. The van der Waals surface area contributed by atoms with Crippen LogP contribution in [0.3, 0.4) is 0 Å². The van der Waals surface area contributed by atoms with Crippen LogP contribution in [0.2, 0.25) is 0 Å². The van der Waals surface area contributed by atoms with Crippen LogP contribution in [0.4, 0.5) is 0 Å². The first-order valence-electron chi connectivity index (χ1n) is 6.20. The number of amides is 1. The number of benzene rings is 1. The molecule has 1 atom stereocenters. The molecular weight excluding hydrogens is 246 g/mol. The first kappa shape index (κ1) is 15.0. The zero-order chi connectivity index (χ0) is 14.4. The highest BCUT2D eigenvalue weighted by atomic mass is 16.5. The number of aryl methyl sites for hydroxylation is 1. The van der Waals surface area contributed by atoms with Gasteiger partial charge in [0.25, 0.3) is 5.91 Å². The van der Waals surface area contributed by atoms with Gasteiger partial charge >= 0.3 is 5.97 Å². The van der Waals surface area contributed by atoms with Crippen molar-refractivity contribution in [2.75, 3.05) is 6.61 Å². The predicted octanol–water partition coefficient (Wildman–Crippen LogP) is 1.77. The van der Waals surface area contributed by atoms with Crippen molar-refractivity contribution in [1.29, 1.82) is 0 Å². The molecule has 0 spiro atoms. The van der Waals surface area contributed by atoms with E-state index in [0.717, 1.165) is 6.42 Å². The Morgan fingerprint density at radius 2 is 2.11 bits per heavy atom. The third-order valence-corrected chi connectivity index (χ3v) is 2.81. The van der Waals surface area contributed by atoms with Crippen LogP contribution in [0.1, 0.15) is 36.2 Å². The van der Waals surface area contributed by atoms with Crippen LogP contribution in [-0.2, 0) is 9.53 Å². The molecule has 0 aliphatic carbocycles. The molecule has 0 heterocycles. The fourth-order valence-corrected chi connectivity index (χ4v) is 1.45. The minimum Gasteiger partial charge on any atom is -0.507 e. The van der Waals surface area contributed by atoms with Gasteiger partial charge in [0.2, 0.25) is 0 Å². The highest BCUT2D eigenvalue weighted by molar-refractivity contribution is 5.94. The third-order valence-electron chi connectivity index (χ3n) is 2.81. The number of hydrogen-bond donors (Lipinski definition) is 2. The van der Waals surface area contributed by atoms with Crippen LogP contribution in [0.15, 0.2) is 18.2 Å². The molecule has 1 aromatic carbocycles. The summed E-state index contributed by atoms with van der Waals surface area (Å²) in [5.74, 6) is -1.18. The van der Waals surface area contributed by atoms with Gasteiger partial charge in [0.15, 0.2) is 6.61 Å². The number of esters is 1. The maximum absolute atomic E-state index is 11.7. The van der Waals surface area contributed by atoms with E-state index < -0.39 is 5.97 Å². The molecule has 0 bridgehead atoms. The van der Waals surface area contributed by atoms with Crippen molar-refractivity contribution in [1.82, 2.24) is 5.32 Å².